The largest absolute Gasteiger partial charge is 0.477 e. The SMILES string of the molecule is CC(=O)N1CCc2c(cn(CCCN(C)C)c(=O)c2C(=O)O)C1. The molecule has 0 spiro atoms. The third kappa shape index (κ3) is 3.79. The van der Waals surface area contributed by atoms with Crippen LogP contribution in [-0.4, -0.2) is 58.5 Å². The number of amides is 1. The molecule has 1 aromatic rings. The Bertz CT molecular complexity index is 679. The van der Waals surface area contributed by atoms with Gasteiger partial charge < -0.3 is 19.5 Å². The topological polar surface area (TPSA) is 82.9 Å². The van der Waals surface area contributed by atoms with Gasteiger partial charge in [-0.2, -0.15) is 0 Å². The summed E-state index contributed by atoms with van der Waals surface area (Å²) < 4.78 is 1.47. The number of rotatable bonds is 5. The van der Waals surface area contributed by atoms with Gasteiger partial charge in [-0.25, -0.2) is 4.79 Å². The van der Waals surface area contributed by atoms with Crippen molar-refractivity contribution in [1.82, 2.24) is 14.4 Å². The number of aryl methyl sites for hydroxylation is 1. The van der Waals surface area contributed by atoms with Crippen LogP contribution in [0.15, 0.2) is 11.0 Å². The van der Waals surface area contributed by atoms with Crippen molar-refractivity contribution in [1.29, 1.82) is 0 Å². The molecule has 0 unspecified atom stereocenters. The number of carboxylic acid groups (broad SMARTS) is 1. The molecule has 2 heterocycles. The molecule has 1 aliphatic heterocycles. The second-order valence-electron chi connectivity index (χ2n) is 6.16. The van der Waals surface area contributed by atoms with Gasteiger partial charge in [0, 0.05) is 32.8 Å². The molecule has 2 rings (SSSR count). The fourth-order valence-corrected chi connectivity index (χ4v) is 2.92. The van der Waals surface area contributed by atoms with Crippen LogP contribution in [0.3, 0.4) is 0 Å². The minimum atomic E-state index is -1.19. The minimum absolute atomic E-state index is 0.0436. The average molecular weight is 321 g/mol. The summed E-state index contributed by atoms with van der Waals surface area (Å²) in [7, 11) is 3.89. The first-order valence-corrected chi connectivity index (χ1v) is 7.70. The van der Waals surface area contributed by atoms with Crippen molar-refractivity contribution >= 4 is 11.9 Å². The number of pyridine rings is 1. The van der Waals surface area contributed by atoms with Crippen molar-refractivity contribution in [3.8, 4) is 0 Å². The van der Waals surface area contributed by atoms with E-state index >= 15 is 0 Å². The Morgan fingerprint density at radius 2 is 2.04 bits per heavy atom. The molecule has 126 valence electrons. The average Bonchev–Trinajstić information content (AvgIpc) is 2.46. The van der Waals surface area contributed by atoms with Crippen molar-refractivity contribution in [2.45, 2.75) is 32.9 Å². The molecule has 1 amide bonds. The minimum Gasteiger partial charge on any atom is -0.477 e. The van der Waals surface area contributed by atoms with Crippen LogP contribution in [-0.2, 0) is 24.3 Å². The van der Waals surface area contributed by atoms with Gasteiger partial charge in [0.1, 0.15) is 5.56 Å². The lowest BCUT2D eigenvalue weighted by molar-refractivity contribution is -0.129. The Hall–Kier alpha value is -2.15. The van der Waals surface area contributed by atoms with E-state index in [0.717, 1.165) is 18.5 Å². The predicted molar refractivity (Wildman–Crippen MR) is 85.6 cm³/mol. The van der Waals surface area contributed by atoms with Crippen LogP contribution in [0.5, 0.6) is 0 Å². The van der Waals surface area contributed by atoms with E-state index in [4.69, 9.17) is 0 Å². The highest BCUT2D eigenvalue weighted by molar-refractivity contribution is 5.89. The maximum atomic E-state index is 12.5. The Morgan fingerprint density at radius 3 is 2.61 bits per heavy atom. The molecular formula is C16H23N3O4. The van der Waals surface area contributed by atoms with Gasteiger partial charge in [0.2, 0.25) is 5.91 Å². The summed E-state index contributed by atoms with van der Waals surface area (Å²) >= 11 is 0. The zero-order valence-electron chi connectivity index (χ0n) is 13.8. The summed E-state index contributed by atoms with van der Waals surface area (Å²) in [5, 5.41) is 9.43. The number of hydrogen-bond donors (Lipinski definition) is 1. The molecule has 1 aliphatic rings. The molecule has 0 aliphatic carbocycles. The molecule has 0 saturated carbocycles. The number of carbonyl (C=O) groups is 2. The monoisotopic (exact) mass is 321 g/mol. The zero-order chi connectivity index (χ0) is 17.1. The van der Waals surface area contributed by atoms with Gasteiger partial charge in [-0.05, 0) is 44.6 Å². The first-order valence-electron chi connectivity index (χ1n) is 7.70. The first-order chi connectivity index (χ1) is 10.8. The van der Waals surface area contributed by atoms with Crippen molar-refractivity contribution < 1.29 is 14.7 Å². The van der Waals surface area contributed by atoms with E-state index in [0.29, 0.717) is 31.6 Å². The fraction of sp³-hybridized carbons (Fsp3) is 0.562. The van der Waals surface area contributed by atoms with Gasteiger partial charge in [-0.1, -0.05) is 0 Å². The molecule has 0 radical (unpaired) electrons. The molecule has 1 aromatic heterocycles. The molecule has 7 nitrogen and oxygen atoms in total. The van der Waals surface area contributed by atoms with Crippen molar-refractivity contribution in [2.75, 3.05) is 27.2 Å². The quantitative estimate of drug-likeness (QED) is 0.849. The molecule has 23 heavy (non-hydrogen) atoms. The maximum absolute atomic E-state index is 12.5. The normalized spacial score (nSPS) is 14.0. The van der Waals surface area contributed by atoms with Gasteiger partial charge in [-0.3, -0.25) is 9.59 Å². The second-order valence-corrected chi connectivity index (χ2v) is 6.16. The molecule has 1 N–H and O–H groups in total. The third-order valence-corrected chi connectivity index (χ3v) is 4.13. The Morgan fingerprint density at radius 1 is 1.35 bits per heavy atom. The Kier molecular flexibility index (Phi) is 5.20. The number of fused-ring (bicyclic) bond motifs is 1. The summed E-state index contributed by atoms with van der Waals surface area (Å²) in [6.07, 6.45) is 2.88. The number of aromatic nitrogens is 1. The summed E-state index contributed by atoms with van der Waals surface area (Å²) in [5.74, 6) is -1.23. The predicted octanol–water partition coefficient (Wildman–Crippen LogP) is 0.403. The molecule has 0 fully saturated rings. The molecule has 0 saturated heterocycles. The summed E-state index contributed by atoms with van der Waals surface area (Å²) in [6, 6.07) is 0. The van der Waals surface area contributed by atoms with Crippen molar-refractivity contribution in [3.05, 3.63) is 33.2 Å². The van der Waals surface area contributed by atoms with Crippen LogP contribution in [0.2, 0.25) is 0 Å². The zero-order valence-corrected chi connectivity index (χ0v) is 13.8. The fourth-order valence-electron chi connectivity index (χ4n) is 2.92. The summed E-state index contributed by atoms with van der Waals surface area (Å²) in [5.41, 5.74) is 0.735. The van der Waals surface area contributed by atoms with E-state index in [-0.39, 0.29) is 11.5 Å². The first kappa shape index (κ1) is 17.2. The van der Waals surface area contributed by atoms with Gasteiger partial charge in [-0.15, -0.1) is 0 Å². The van der Waals surface area contributed by atoms with E-state index in [1.165, 1.54) is 11.5 Å². The van der Waals surface area contributed by atoms with E-state index in [1.54, 1.807) is 11.1 Å². The number of nitrogens with zero attached hydrogens (tertiary/aromatic N) is 3. The Labute approximate surface area is 135 Å². The number of hydrogen-bond acceptors (Lipinski definition) is 4. The van der Waals surface area contributed by atoms with Crippen LogP contribution in [0.25, 0.3) is 0 Å². The van der Waals surface area contributed by atoms with E-state index in [1.807, 2.05) is 19.0 Å². The summed E-state index contributed by atoms with van der Waals surface area (Å²) in [6.45, 7) is 3.58. The lowest BCUT2D eigenvalue weighted by atomic mass is 9.96. The molecule has 0 aromatic carbocycles. The van der Waals surface area contributed by atoms with Gasteiger partial charge in [0.15, 0.2) is 0 Å². The smallest absolute Gasteiger partial charge is 0.341 e. The standard InChI is InChI=1S/C16H23N3O4/c1-11(20)18-8-5-13-12(9-18)10-19(7-4-6-17(2)3)15(21)14(13)16(22)23/h10H,4-9H2,1-3H3,(H,22,23). The third-order valence-electron chi connectivity index (χ3n) is 4.13. The molecule has 0 atom stereocenters. The second kappa shape index (κ2) is 6.95. The summed E-state index contributed by atoms with van der Waals surface area (Å²) in [4.78, 5) is 39.2. The van der Waals surface area contributed by atoms with Gasteiger partial charge in [0.05, 0.1) is 0 Å². The molecule has 0 bridgehead atoms. The van der Waals surface area contributed by atoms with E-state index in [2.05, 4.69) is 0 Å². The van der Waals surface area contributed by atoms with Crippen LogP contribution in [0.4, 0.5) is 0 Å². The number of aromatic carboxylic acids is 1. The molecular weight excluding hydrogens is 298 g/mol. The van der Waals surface area contributed by atoms with E-state index < -0.39 is 11.5 Å². The van der Waals surface area contributed by atoms with Gasteiger partial charge in [0.25, 0.3) is 5.56 Å². The highest BCUT2D eigenvalue weighted by atomic mass is 16.4. The van der Waals surface area contributed by atoms with Crippen LogP contribution in [0.1, 0.15) is 34.8 Å². The highest BCUT2D eigenvalue weighted by Crippen LogP contribution is 2.21. The van der Waals surface area contributed by atoms with Gasteiger partial charge >= 0.3 is 5.97 Å². The lowest BCUT2D eigenvalue weighted by Gasteiger charge is -2.29. The van der Waals surface area contributed by atoms with E-state index in [9.17, 15) is 19.5 Å². The Balaban J connectivity index is 2.39. The number of carbonyl (C=O) groups excluding carboxylic acids is 1. The molecule has 7 heteroatoms. The van der Waals surface area contributed by atoms with Crippen molar-refractivity contribution in [3.63, 3.8) is 0 Å². The number of carboxylic acids is 1. The van der Waals surface area contributed by atoms with Crippen LogP contribution < -0.4 is 5.56 Å². The maximum Gasteiger partial charge on any atom is 0.341 e. The van der Waals surface area contributed by atoms with Crippen LogP contribution >= 0.6 is 0 Å². The van der Waals surface area contributed by atoms with Crippen molar-refractivity contribution in [2.24, 2.45) is 0 Å². The highest BCUT2D eigenvalue weighted by Gasteiger charge is 2.26. The lowest BCUT2D eigenvalue weighted by Crippen LogP contribution is -2.38. The van der Waals surface area contributed by atoms with Crippen LogP contribution in [0, 0.1) is 0 Å².